The summed E-state index contributed by atoms with van der Waals surface area (Å²) in [6, 6.07) is 6.06. The number of aromatic nitrogens is 1. The SMILES string of the molecule is CCC(C)Cc1cccc(OCCCN(C)C)n1. The van der Waals surface area contributed by atoms with Gasteiger partial charge in [-0.05, 0) is 38.9 Å². The monoisotopic (exact) mass is 250 g/mol. The molecule has 102 valence electrons. The van der Waals surface area contributed by atoms with Gasteiger partial charge in [-0.3, -0.25) is 0 Å². The normalized spacial score (nSPS) is 12.7. The third-order valence-corrected chi connectivity index (χ3v) is 3.04. The first-order chi connectivity index (χ1) is 8.61. The lowest BCUT2D eigenvalue weighted by molar-refractivity contribution is 0.272. The lowest BCUT2D eigenvalue weighted by Crippen LogP contribution is -2.15. The molecule has 1 unspecified atom stereocenters. The van der Waals surface area contributed by atoms with Crippen LogP contribution in [0, 0.1) is 5.92 Å². The Hall–Kier alpha value is -1.09. The second-order valence-electron chi connectivity index (χ2n) is 5.19. The number of ether oxygens (including phenoxy) is 1. The van der Waals surface area contributed by atoms with E-state index in [9.17, 15) is 0 Å². The molecule has 0 aliphatic heterocycles. The Morgan fingerprint density at radius 3 is 2.78 bits per heavy atom. The molecule has 1 aromatic rings. The predicted octanol–water partition coefficient (Wildman–Crippen LogP) is 3.00. The van der Waals surface area contributed by atoms with Crippen LogP contribution in [-0.2, 0) is 6.42 Å². The van der Waals surface area contributed by atoms with Crippen LogP contribution in [0.5, 0.6) is 5.88 Å². The summed E-state index contributed by atoms with van der Waals surface area (Å²) in [4.78, 5) is 6.70. The zero-order chi connectivity index (χ0) is 13.4. The van der Waals surface area contributed by atoms with Crippen molar-refractivity contribution in [3.8, 4) is 5.88 Å². The molecule has 1 rings (SSSR count). The van der Waals surface area contributed by atoms with Gasteiger partial charge in [0.05, 0.1) is 6.61 Å². The number of pyridine rings is 1. The van der Waals surface area contributed by atoms with Crippen molar-refractivity contribution < 1.29 is 4.74 Å². The second-order valence-corrected chi connectivity index (χ2v) is 5.19. The number of rotatable bonds is 8. The highest BCUT2D eigenvalue weighted by molar-refractivity contribution is 5.16. The first kappa shape index (κ1) is 15.0. The van der Waals surface area contributed by atoms with Crippen molar-refractivity contribution in [2.45, 2.75) is 33.1 Å². The van der Waals surface area contributed by atoms with Gasteiger partial charge >= 0.3 is 0 Å². The van der Waals surface area contributed by atoms with E-state index < -0.39 is 0 Å². The van der Waals surface area contributed by atoms with Crippen molar-refractivity contribution in [2.24, 2.45) is 5.92 Å². The molecule has 0 N–H and O–H groups in total. The van der Waals surface area contributed by atoms with Gasteiger partial charge in [-0.15, -0.1) is 0 Å². The summed E-state index contributed by atoms with van der Waals surface area (Å²) in [6.07, 6.45) is 3.26. The highest BCUT2D eigenvalue weighted by Crippen LogP contribution is 2.13. The molecule has 3 heteroatoms. The van der Waals surface area contributed by atoms with Crippen LogP contribution in [0.1, 0.15) is 32.4 Å². The Kier molecular flexibility index (Phi) is 6.73. The summed E-state index contributed by atoms with van der Waals surface area (Å²) in [5.74, 6) is 1.44. The quantitative estimate of drug-likeness (QED) is 0.663. The second kappa shape index (κ2) is 8.09. The molecule has 0 aromatic carbocycles. The summed E-state index contributed by atoms with van der Waals surface area (Å²) in [7, 11) is 4.15. The lowest BCUT2D eigenvalue weighted by Gasteiger charge is -2.11. The topological polar surface area (TPSA) is 25.4 Å². The first-order valence-electron chi connectivity index (χ1n) is 6.85. The maximum Gasteiger partial charge on any atom is 0.213 e. The molecule has 0 aliphatic carbocycles. The largest absolute Gasteiger partial charge is 0.478 e. The third kappa shape index (κ3) is 6.01. The summed E-state index contributed by atoms with van der Waals surface area (Å²) in [5.41, 5.74) is 1.13. The van der Waals surface area contributed by atoms with Crippen LogP contribution in [-0.4, -0.2) is 37.1 Å². The van der Waals surface area contributed by atoms with Gasteiger partial charge < -0.3 is 9.64 Å². The summed E-state index contributed by atoms with van der Waals surface area (Å²) < 4.78 is 5.67. The van der Waals surface area contributed by atoms with Crippen molar-refractivity contribution >= 4 is 0 Å². The fraction of sp³-hybridized carbons (Fsp3) is 0.667. The fourth-order valence-corrected chi connectivity index (χ4v) is 1.71. The summed E-state index contributed by atoms with van der Waals surface area (Å²) >= 11 is 0. The van der Waals surface area contributed by atoms with Crippen LogP contribution in [0.25, 0.3) is 0 Å². The van der Waals surface area contributed by atoms with E-state index in [-0.39, 0.29) is 0 Å². The van der Waals surface area contributed by atoms with Crippen molar-refractivity contribution in [2.75, 3.05) is 27.2 Å². The van der Waals surface area contributed by atoms with E-state index in [1.54, 1.807) is 0 Å². The van der Waals surface area contributed by atoms with E-state index in [2.05, 4.69) is 43.9 Å². The minimum Gasteiger partial charge on any atom is -0.478 e. The van der Waals surface area contributed by atoms with Crippen LogP contribution in [0.15, 0.2) is 18.2 Å². The highest BCUT2D eigenvalue weighted by Gasteiger charge is 2.04. The van der Waals surface area contributed by atoms with Crippen LogP contribution in [0.3, 0.4) is 0 Å². The Morgan fingerprint density at radius 2 is 2.11 bits per heavy atom. The fourth-order valence-electron chi connectivity index (χ4n) is 1.71. The Morgan fingerprint density at radius 1 is 1.33 bits per heavy atom. The van der Waals surface area contributed by atoms with E-state index in [1.165, 1.54) is 6.42 Å². The minimum atomic E-state index is 0.682. The van der Waals surface area contributed by atoms with Gasteiger partial charge in [0.15, 0.2) is 0 Å². The zero-order valence-corrected chi connectivity index (χ0v) is 12.1. The molecule has 0 saturated heterocycles. The van der Waals surface area contributed by atoms with Crippen molar-refractivity contribution in [1.82, 2.24) is 9.88 Å². The van der Waals surface area contributed by atoms with Crippen LogP contribution < -0.4 is 4.74 Å². The van der Waals surface area contributed by atoms with Gasteiger partial charge in [0.2, 0.25) is 5.88 Å². The average Bonchev–Trinajstić information content (AvgIpc) is 2.35. The van der Waals surface area contributed by atoms with Crippen LogP contribution >= 0.6 is 0 Å². The summed E-state index contributed by atoms with van der Waals surface area (Å²) in [6.45, 7) is 6.25. The Bertz CT molecular complexity index is 339. The average molecular weight is 250 g/mol. The molecular formula is C15H26N2O. The van der Waals surface area contributed by atoms with Crippen molar-refractivity contribution in [1.29, 1.82) is 0 Å². The van der Waals surface area contributed by atoms with E-state index >= 15 is 0 Å². The van der Waals surface area contributed by atoms with Crippen molar-refractivity contribution in [3.05, 3.63) is 23.9 Å². The molecular weight excluding hydrogens is 224 g/mol. The molecule has 1 heterocycles. The Labute approximate surface area is 111 Å². The molecule has 0 amide bonds. The molecule has 0 saturated carbocycles. The van der Waals surface area contributed by atoms with Gasteiger partial charge in [0.25, 0.3) is 0 Å². The number of nitrogens with zero attached hydrogens (tertiary/aromatic N) is 2. The molecule has 3 nitrogen and oxygen atoms in total. The summed E-state index contributed by atoms with van der Waals surface area (Å²) in [5, 5.41) is 0. The maximum absolute atomic E-state index is 5.67. The third-order valence-electron chi connectivity index (χ3n) is 3.04. The molecule has 0 fully saturated rings. The zero-order valence-electron chi connectivity index (χ0n) is 12.1. The smallest absolute Gasteiger partial charge is 0.213 e. The van der Waals surface area contributed by atoms with Gasteiger partial charge in [0.1, 0.15) is 0 Å². The maximum atomic E-state index is 5.67. The molecule has 1 aromatic heterocycles. The Balaban J connectivity index is 2.39. The molecule has 18 heavy (non-hydrogen) atoms. The van der Waals surface area contributed by atoms with Gasteiger partial charge in [0, 0.05) is 18.3 Å². The molecule has 0 spiro atoms. The number of hydrogen-bond acceptors (Lipinski definition) is 3. The lowest BCUT2D eigenvalue weighted by atomic mass is 10.0. The van der Waals surface area contributed by atoms with Gasteiger partial charge in [-0.2, -0.15) is 0 Å². The molecule has 0 bridgehead atoms. The molecule has 0 aliphatic rings. The van der Waals surface area contributed by atoms with E-state index in [0.29, 0.717) is 5.92 Å². The van der Waals surface area contributed by atoms with Crippen molar-refractivity contribution in [3.63, 3.8) is 0 Å². The van der Waals surface area contributed by atoms with E-state index in [0.717, 1.165) is 37.6 Å². The van der Waals surface area contributed by atoms with Gasteiger partial charge in [-0.1, -0.05) is 26.3 Å². The molecule has 1 atom stereocenters. The van der Waals surface area contributed by atoms with E-state index in [1.807, 2.05) is 12.1 Å². The minimum absolute atomic E-state index is 0.682. The predicted molar refractivity (Wildman–Crippen MR) is 76.1 cm³/mol. The van der Waals surface area contributed by atoms with E-state index in [4.69, 9.17) is 4.74 Å². The van der Waals surface area contributed by atoms with Crippen LogP contribution in [0.4, 0.5) is 0 Å². The standard InChI is InChI=1S/C15H26N2O/c1-5-13(2)12-14-8-6-9-15(16-14)18-11-7-10-17(3)4/h6,8-9,13H,5,7,10-12H2,1-4H3. The highest BCUT2D eigenvalue weighted by atomic mass is 16.5. The first-order valence-corrected chi connectivity index (χ1v) is 6.85. The number of hydrogen-bond donors (Lipinski definition) is 0. The van der Waals surface area contributed by atoms with Gasteiger partial charge in [-0.25, -0.2) is 4.98 Å². The van der Waals surface area contributed by atoms with Crippen LogP contribution in [0.2, 0.25) is 0 Å². The molecule has 0 radical (unpaired) electrons.